The molecule has 0 aromatic carbocycles. The zero-order valence-electron chi connectivity index (χ0n) is 21.1. The maximum atomic E-state index is 12.7. The molecule has 4 fully saturated rings. The van der Waals surface area contributed by atoms with E-state index in [2.05, 4.69) is 21.3 Å². The molecule has 0 aromatic heterocycles. The summed E-state index contributed by atoms with van der Waals surface area (Å²) >= 11 is 3.13. The first kappa shape index (κ1) is 28.8. The molecule has 0 spiro atoms. The van der Waals surface area contributed by atoms with Gasteiger partial charge in [0, 0.05) is 35.3 Å². The van der Waals surface area contributed by atoms with Crippen LogP contribution in [0.4, 0.5) is 0 Å². The molecule has 16 heteroatoms. The second-order valence-corrected chi connectivity index (χ2v) is 11.5. The van der Waals surface area contributed by atoms with Crippen LogP contribution in [0, 0.1) is 0 Å². The van der Waals surface area contributed by atoms with Crippen LogP contribution in [0.5, 0.6) is 0 Å². The van der Waals surface area contributed by atoms with Crippen molar-refractivity contribution in [3.63, 3.8) is 0 Å². The summed E-state index contributed by atoms with van der Waals surface area (Å²) < 4.78 is 10.8. The van der Waals surface area contributed by atoms with Crippen LogP contribution in [0.15, 0.2) is 0 Å². The maximum absolute atomic E-state index is 12.7. The van der Waals surface area contributed by atoms with Crippen LogP contribution in [0.3, 0.4) is 0 Å². The van der Waals surface area contributed by atoms with Crippen LogP contribution in [-0.4, -0.2) is 131 Å². The van der Waals surface area contributed by atoms with Crippen molar-refractivity contribution < 1.29 is 38.2 Å². The molecule has 210 valence electrons. The second kappa shape index (κ2) is 12.7. The van der Waals surface area contributed by atoms with Gasteiger partial charge in [-0.1, -0.05) is 0 Å². The Balaban J connectivity index is 1.45. The van der Waals surface area contributed by atoms with Gasteiger partial charge < -0.3 is 9.47 Å². The van der Waals surface area contributed by atoms with E-state index in [1.54, 1.807) is 47.2 Å². The van der Waals surface area contributed by atoms with Gasteiger partial charge >= 0.3 is 11.9 Å². The van der Waals surface area contributed by atoms with E-state index in [4.69, 9.17) is 9.47 Å². The highest BCUT2D eigenvalue weighted by molar-refractivity contribution is 7.99. The third-order valence-corrected chi connectivity index (χ3v) is 8.98. The minimum atomic E-state index is -0.945. The van der Waals surface area contributed by atoms with Gasteiger partial charge in [-0.2, -0.15) is 0 Å². The Labute approximate surface area is 228 Å². The number of hydrogen-bond donors (Lipinski definition) is 4. The second-order valence-electron chi connectivity index (χ2n) is 9.49. The molecule has 38 heavy (non-hydrogen) atoms. The number of carbonyl (C=O) groups is 6. The van der Waals surface area contributed by atoms with Crippen molar-refractivity contribution in [3.8, 4) is 0 Å². The summed E-state index contributed by atoms with van der Waals surface area (Å²) in [6, 6.07) is -3.87. The van der Waals surface area contributed by atoms with Gasteiger partial charge in [-0.15, -0.1) is 23.5 Å². The van der Waals surface area contributed by atoms with E-state index in [1.807, 2.05) is 0 Å². The first-order chi connectivity index (χ1) is 18.2. The number of ether oxygens (including phenoxy) is 2. The average molecular weight is 573 g/mol. The Morgan fingerprint density at radius 3 is 1.53 bits per heavy atom. The van der Waals surface area contributed by atoms with E-state index in [0.717, 1.165) is 0 Å². The molecule has 4 amide bonds. The van der Waals surface area contributed by atoms with Crippen molar-refractivity contribution in [1.29, 1.82) is 0 Å². The van der Waals surface area contributed by atoms with Gasteiger partial charge in [-0.05, 0) is 13.8 Å². The van der Waals surface area contributed by atoms with Gasteiger partial charge in [0.25, 0.3) is 0 Å². The molecule has 6 unspecified atom stereocenters. The normalized spacial score (nSPS) is 30.5. The van der Waals surface area contributed by atoms with Crippen molar-refractivity contribution >= 4 is 59.1 Å². The molecular formula is C22H32N6O8S2. The fourth-order valence-electron chi connectivity index (χ4n) is 4.74. The van der Waals surface area contributed by atoms with E-state index >= 15 is 0 Å². The summed E-state index contributed by atoms with van der Waals surface area (Å²) in [7, 11) is 0. The van der Waals surface area contributed by atoms with Gasteiger partial charge in [0.2, 0.25) is 23.6 Å². The molecule has 4 aliphatic heterocycles. The average Bonchev–Trinajstić information content (AvgIpc) is 3.60. The molecule has 4 heterocycles. The van der Waals surface area contributed by atoms with Crippen LogP contribution in [0.1, 0.15) is 13.8 Å². The van der Waals surface area contributed by atoms with E-state index in [1.165, 1.54) is 0 Å². The van der Waals surface area contributed by atoms with Crippen molar-refractivity contribution in [3.05, 3.63) is 0 Å². The largest absolute Gasteiger partial charge is 0.462 e. The highest BCUT2D eigenvalue weighted by Crippen LogP contribution is 2.21. The summed E-state index contributed by atoms with van der Waals surface area (Å²) in [5.74, 6) is -0.762. The zero-order chi connectivity index (χ0) is 27.4. The van der Waals surface area contributed by atoms with Crippen LogP contribution < -0.4 is 21.3 Å². The quantitative estimate of drug-likeness (QED) is 0.161. The monoisotopic (exact) mass is 572 g/mol. The third-order valence-electron chi connectivity index (χ3n) is 7.10. The topological polar surface area (TPSA) is 175 Å². The minimum absolute atomic E-state index is 0.143. The minimum Gasteiger partial charge on any atom is -0.462 e. The standard InChI is InChI=1S/C22H32N6O8S2/c1-11(27-3-17(29)25-19(31)15(27)5-35-21(33)13-7-37-9-23-13)12(2)28-4-18(30)26-20(32)16(28)6-36-22(34)14-8-38-10-24-14/h11-16,23-24H,3-10H2,1-2H3,(H,25,29,31)(H,26,30,32). The summed E-state index contributed by atoms with van der Waals surface area (Å²) in [5.41, 5.74) is 0. The first-order valence-electron chi connectivity index (χ1n) is 12.3. The van der Waals surface area contributed by atoms with E-state index in [0.29, 0.717) is 23.3 Å². The molecule has 0 aliphatic carbocycles. The van der Waals surface area contributed by atoms with Crippen LogP contribution >= 0.6 is 23.5 Å². The molecule has 0 radical (unpaired) electrons. The SMILES string of the molecule is CC(C(C)N1CC(=O)NC(=O)C1COC(=O)C1CSCN1)N1CC(=O)NC(=O)C1COC(=O)C1CSCN1. The van der Waals surface area contributed by atoms with Gasteiger partial charge in [-0.25, -0.2) is 0 Å². The van der Waals surface area contributed by atoms with Crippen LogP contribution in [-0.2, 0) is 38.2 Å². The number of piperazine rings is 2. The lowest BCUT2D eigenvalue weighted by Gasteiger charge is -2.45. The molecule has 4 rings (SSSR count). The zero-order valence-corrected chi connectivity index (χ0v) is 22.7. The predicted octanol–water partition coefficient (Wildman–Crippen LogP) is -3.17. The Kier molecular flexibility index (Phi) is 9.64. The lowest BCUT2D eigenvalue weighted by Crippen LogP contribution is -2.68. The number of nitrogens with one attached hydrogen (secondary N) is 4. The van der Waals surface area contributed by atoms with Crippen molar-refractivity contribution in [2.24, 2.45) is 0 Å². The van der Waals surface area contributed by atoms with Gasteiger partial charge in [0.15, 0.2) is 0 Å². The molecule has 6 atom stereocenters. The molecule has 0 aromatic rings. The number of carbonyl (C=O) groups excluding carboxylic acids is 6. The lowest BCUT2D eigenvalue weighted by molar-refractivity contribution is -0.158. The Hall–Kier alpha value is -2.24. The van der Waals surface area contributed by atoms with E-state index in [9.17, 15) is 28.8 Å². The number of thioether (sulfide) groups is 2. The Morgan fingerprint density at radius 2 is 1.18 bits per heavy atom. The molecule has 4 saturated heterocycles. The smallest absolute Gasteiger partial charge is 0.324 e. The highest BCUT2D eigenvalue weighted by Gasteiger charge is 2.44. The number of hydrogen-bond acceptors (Lipinski definition) is 14. The molecular weight excluding hydrogens is 540 g/mol. The summed E-state index contributed by atoms with van der Waals surface area (Å²) in [4.78, 5) is 78.0. The van der Waals surface area contributed by atoms with Gasteiger partial charge in [0.05, 0.1) is 13.1 Å². The van der Waals surface area contributed by atoms with Crippen molar-refractivity contribution in [1.82, 2.24) is 31.1 Å². The molecule has 14 nitrogen and oxygen atoms in total. The van der Waals surface area contributed by atoms with Crippen LogP contribution in [0.25, 0.3) is 0 Å². The van der Waals surface area contributed by atoms with Crippen LogP contribution in [0.2, 0.25) is 0 Å². The number of imide groups is 2. The van der Waals surface area contributed by atoms with Gasteiger partial charge in [-0.3, -0.25) is 59.8 Å². The number of esters is 2. The fraction of sp³-hybridized carbons (Fsp3) is 0.727. The predicted molar refractivity (Wildman–Crippen MR) is 137 cm³/mol. The molecule has 4 N–H and O–H groups in total. The fourth-order valence-corrected chi connectivity index (χ4v) is 6.60. The van der Waals surface area contributed by atoms with Gasteiger partial charge in [0.1, 0.15) is 37.4 Å². The third kappa shape index (κ3) is 6.66. The van der Waals surface area contributed by atoms with E-state index in [-0.39, 0.29) is 26.3 Å². The van der Waals surface area contributed by atoms with Crippen molar-refractivity contribution in [2.75, 3.05) is 49.6 Å². The molecule has 0 bridgehead atoms. The Morgan fingerprint density at radius 1 is 0.789 bits per heavy atom. The summed E-state index contributed by atoms with van der Waals surface area (Å²) in [5, 5.41) is 10.6. The number of rotatable bonds is 9. The van der Waals surface area contributed by atoms with E-state index < -0.39 is 71.8 Å². The maximum Gasteiger partial charge on any atom is 0.324 e. The summed E-state index contributed by atoms with van der Waals surface area (Å²) in [6.07, 6.45) is 0. The molecule has 4 aliphatic rings. The Bertz CT molecular complexity index is 897. The first-order valence-corrected chi connectivity index (χ1v) is 14.6. The lowest BCUT2D eigenvalue weighted by atomic mass is 10.0. The molecule has 0 saturated carbocycles. The van der Waals surface area contributed by atoms with Crippen molar-refractivity contribution in [2.45, 2.75) is 50.1 Å². The highest BCUT2D eigenvalue weighted by atomic mass is 32.2. The number of amides is 4. The summed E-state index contributed by atoms with van der Waals surface area (Å²) in [6.45, 7) is 2.72. The number of nitrogens with zero attached hydrogens (tertiary/aromatic N) is 2.